The molecule has 0 radical (unpaired) electrons. The third-order valence-corrected chi connectivity index (χ3v) is 4.62. The summed E-state index contributed by atoms with van der Waals surface area (Å²) in [5, 5.41) is 20.4. The number of rotatable bonds is 20. The molecule has 0 atom stereocenters. The van der Waals surface area contributed by atoms with Crippen LogP contribution in [0.1, 0.15) is 50.7 Å². The van der Waals surface area contributed by atoms with Gasteiger partial charge in [-0.05, 0) is 103 Å². The topological polar surface area (TPSA) is 72.2 Å². The van der Waals surface area contributed by atoms with Crippen molar-refractivity contribution in [2.75, 3.05) is 66.5 Å². The van der Waals surface area contributed by atoms with Crippen molar-refractivity contribution in [1.29, 1.82) is 0 Å². The lowest BCUT2D eigenvalue weighted by atomic mass is 10.1. The monoisotopic (exact) mass is 422 g/mol. The quantitative estimate of drug-likeness (QED) is 0.181. The van der Waals surface area contributed by atoms with E-state index in [2.05, 4.69) is 56.2 Å². The van der Waals surface area contributed by atoms with E-state index in [1.807, 2.05) is 27.9 Å². The Hall–Kier alpha value is -1.02. The van der Waals surface area contributed by atoms with E-state index in [1.165, 1.54) is 36.8 Å². The summed E-state index contributed by atoms with van der Waals surface area (Å²) in [6.45, 7) is 14.6. The van der Waals surface area contributed by atoms with Crippen LogP contribution >= 0.6 is 0 Å². The van der Waals surface area contributed by atoms with Gasteiger partial charge in [-0.1, -0.05) is 38.1 Å². The van der Waals surface area contributed by atoms with E-state index in [0.29, 0.717) is 0 Å². The second kappa shape index (κ2) is 24.3. The highest BCUT2D eigenvalue weighted by atomic mass is 14.9. The second-order valence-corrected chi connectivity index (χ2v) is 7.29. The van der Waals surface area contributed by atoms with Crippen molar-refractivity contribution in [2.24, 2.45) is 0 Å². The van der Waals surface area contributed by atoms with Gasteiger partial charge in [0.15, 0.2) is 0 Å². The molecule has 0 aliphatic carbocycles. The normalized spacial score (nSPS) is 10.7. The maximum absolute atomic E-state index is 3.55. The van der Waals surface area contributed by atoms with Crippen molar-refractivity contribution in [3.8, 4) is 0 Å². The molecule has 0 saturated heterocycles. The fourth-order valence-electron chi connectivity index (χ4n) is 3.02. The van der Waals surface area contributed by atoms with E-state index >= 15 is 0 Å². The summed E-state index contributed by atoms with van der Waals surface area (Å²) in [6, 6.07) is 8.90. The molecule has 0 aliphatic rings. The molecule has 1 aromatic rings. The first-order valence-corrected chi connectivity index (χ1v) is 12.1. The van der Waals surface area contributed by atoms with Crippen molar-refractivity contribution < 1.29 is 0 Å². The maximum atomic E-state index is 3.55. The molecular weight excluding hydrogens is 372 g/mol. The van der Waals surface area contributed by atoms with Gasteiger partial charge in [0.1, 0.15) is 0 Å². The standard InChI is InChI=1S/C22H44N6.C2H6/c1-23-10-4-12-25-14-6-16-27-19-21-8-3-9-22(18-21)20-28-17-7-15-26-13-5-11-24-2;1-2/h3,8-9,18,23-28H,4-7,10-17,19-20H2,1-2H3;1-2H3. The van der Waals surface area contributed by atoms with Crippen LogP contribution in [0.25, 0.3) is 0 Å². The molecule has 0 bridgehead atoms. The van der Waals surface area contributed by atoms with Crippen LogP contribution in [-0.4, -0.2) is 66.5 Å². The van der Waals surface area contributed by atoms with Crippen molar-refractivity contribution in [1.82, 2.24) is 31.9 Å². The van der Waals surface area contributed by atoms with Gasteiger partial charge >= 0.3 is 0 Å². The van der Waals surface area contributed by atoms with E-state index in [9.17, 15) is 0 Å². The van der Waals surface area contributed by atoms with Crippen molar-refractivity contribution >= 4 is 0 Å². The molecule has 30 heavy (non-hydrogen) atoms. The molecule has 0 heterocycles. The zero-order valence-corrected chi connectivity index (χ0v) is 20.2. The van der Waals surface area contributed by atoms with Crippen LogP contribution in [0.5, 0.6) is 0 Å². The molecular formula is C24H50N6. The minimum absolute atomic E-state index is 0.949. The Morgan fingerprint density at radius 1 is 0.533 bits per heavy atom. The predicted octanol–water partition coefficient (Wildman–Crippen LogP) is 2.07. The third-order valence-electron chi connectivity index (χ3n) is 4.62. The Bertz CT molecular complexity index is 418. The molecule has 6 heteroatoms. The van der Waals surface area contributed by atoms with E-state index in [4.69, 9.17) is 0 Å². The zero-order valence-electron chi connectivity index (χ0n) is 20.2. The minimum Gasteiger partial charge on any atom is -0.320 e. The lowest BCUT2D eigenvalue weighted by Gasteiger charge is -2.09. The van der Waals surface area contributed by atoms with Gasteiger partial charge in [0.2, 0.25) is 0 Å². The molecule has 0 saturated carbocycles. The second-order valence-electron chi connectivity index (χ2n) is 7.29. The largest absolute Gasteiger partial charge is 0.320 e. The number of hydrogen-bond donors (Lipinski definition) is 6. The molecule has 0 unspecified atom stereocenters. The molecule has 0 fully saturated rings. The van der Waals surface area contributed by atoms with E-state index in [-0.39, 0.29) is 0 Å². The number of hydrogen-bond acceptors (Lipinski definition) is 6. The SMILES string of the molecule is CC.CNCCCNCCCNCc1cccc(CNCCCNCCCNC)c1. The number of benzene rings is 1. The van der Waals surface area contributed by atoms with Crippen LogP contribution in [-0.2, 0) is 13.1 Å². The fraction of sp³-hybridized carbons (Fsp3) is 0.750. The lowest BCUT2D eigenvalue weighted by Crippen LogP contribution is -2.24. The Kier molecular flexibility index (Phi) is 23.4. The van der Waals surface area contributed by atoms with Gasteiger partial charge in [0, 0.05) is 13.1 Å². The fourth-order valence-corrected chi connectivity index (χ4v) is 3.02. The highest BCUT2D eigenvalue weighted by Crippen LogP contribution is 2.05. The molecule has 0 aliphatic heterocycles. The van der Waals surface area contributed by atoms with Gasteiger partial charge in [0.25, 0.3) is 0 Å². The van der Waals surface area contributed by atoms with Gasteiger partial charge in [0.05, 0.1) is 0 Å². The summed E-state index contributed by atoms with van der Waals surface area (Å²) in [5.41, 5.74) is 2.74. The molecule has 0 aromatic heterocycles. The molecule has 0 spiro atoms. The third kappa shape index (κ3) is 19.0. The summed E-state index contributed by atoms with van der Waals surface area (Å²) < 4.78 is 0. The van der Waals surface area contributed by atoms with Gasteiger partial charge in [-0.15, -0.1) is 0 Å². The highest BCUT2D eigenvalue weighted by Gasteiger charge is 1.97. The van der Waals surface area contributed by atoms with E-state index in [1.54, 1.807) is 0 Å². The molecule has 6 N–H and O–H groups in total. The average Bonchev–Trinajstić information content (AvgIpc) is 2.78. The van der Waals surface area contributed by atoms with E-state index in [0.717, 1.165) is 65.4 Å². The van der Waals surface area contributed by atoms with Crippen molar-refractivity contribution in [3.63, 3.8) is 0 Å². The molecule has 0 amide bonds. The summed E-state index contributed by atoms with van der Waals surface area (Å²) in [6.07, 6.45) is 4.73. The highest BCUT2D eigenvalue weighted by molar-refractivity contribution is 5.23. The van der Waals surface area contributed by atoms with Crippen LogP contribution in [0.3, 0.4) is 0 Å². The van der Waals surface area contributed by atoms with Crippen LogP contribution in [0.2, 0.25) is 0 Å². The Balaban J connectivity index is 0.00000407. The van der Waals surface area contributed by atoms with Crippen LogP contribution in [0.15, 0.2) is 24.3 Å². The van der Waals surface area contributed by atoms with Gasteiger partial charge in [-0.3, -0.25) is 0 Å². The summed E-state index contributed by atoms with van der Waals surface area (Å²) >= 11 is 0. The maximum Gasteiger partial charge on any atom is 0.0205 e. The van der Waals surface area contributed by atoms with Crippen LogP contribution < -0.4 is 31.9 Å². The first-order valence-electron chi connectivity index (χ1n) is 12.1. The molecule has 1 rings (SSSR count). The minimum atomic E-state index is 0.949. The smallest absolute Gasteiger partial charge is 0.0205 e. The van der Waals surface area contributed by atoms with Crippen LogP contribution in [0, 0.1) is 0 Å². The van der Waals surface area contributed by atoms with Crippen molar-refractivity contribution in [2.45, 2.75) is 52.6 Å². The predicted molar refractivity (Wildman–Crippen MR) is 133 cm³/mol. The zero-order chi connectivity index (χ0) is 22.1. The first kappa shape index (κ1) is 29.0. The average molecular weight is 423 g/mol. The Morgan fingerprint density at radius 3 is 1.30 bits per heavy atom. The molecule has 176 valence electrons. The Labute approximate surface area is 186 Å². The van der Waals surface area contributed by atoms with Gasteiger partial charge in [-0.2, -0.15) is 0 Å². The van der Waals surface area contributed by atoms with Crippen LogP contribution in [0.4, 0.5) is 0 Å². The Morgan fingerprint density at radius 2 is 0.900 bits per heavy atom. The van der Waals surface area contributed by atoms with Gasteiger partial charge in [-0.25, -0.2) is 0 Å². The molecule has 6 nitrogen and oxygen atoms in total. The lowest BCUT2D eigenvalue weighted by molar-refractivity contribution is 0.574. The van der Waals surface area contributed by atoms with Gasteiger partial charge < -0.3 is 31.9 Å². The first-order chi connectivity index (χ1) is 14.9. The van der Waals surface area contributed by atoms with E-state index < -0.39 is 0 Å². The summed E-state index contributed by atoms with van der Waals surface area (Å²) in [5.74, 6) is 0. The summed E-state index contributed by atoms with van der Waals surface area (Å²) in [7, 11) is 4.00. The molecule has 1 aromatic carbocycles. The van der Waals surface area contributed by atoms with Crippen molar-refractivity contribution in [3.05, 3.63) is 35.4 Å². The number of nitrogens with one attached hydrogen (secondary N) is 6. The summed E-state index contributed by atoms with van der Waals surface area (Å²) in [4.78, 5) is 0.